The summed E-state index contributed by atoms with van der Waals surface area (Å²) in [6, 6.07) is 7.86. The molecule has 1 aliphatic heterocycles. The number of rotatable bonds is 6. The standard InChI is InChI=1S/C15H19BrN2O3/c16-10-1-3-11(4-2-10)21-6-5-18-8-13-12(14(13)9-18)7-17-15(19)20/h1-4,12-14,17H,5-9H2,(H,19,20). The smallest absolute Gasteiger partial charge is 0.404 e. The van der Waals surface area contributed by atoms with Gasteiger partial charge in [-0.15, -0.1) is 0 Å². The Balaban J connectivity index is 1.33. The number of amides is 1. The van der Waals surface area contributed by atoms with E-state index < -0.39 is 6.09 Å². The summed E-state index contributed by atoms with van der Waals surface area (Å²) in [7, 11) is 0. The lowest BCUT2D eigenvalue weighted by Crippen LogP contribution is -2.32. The number of benzene rings is 1. The Bertz CT molecular complexity index is 496. The molecule has 1 aromatic carbocycles. The quantitative estimate of drug-likeness (QED) is 0.822. The van der Waals surface area contributed by atoms with E-state index in [1.165, 1.54) is 0 Å². The molecule has 1 saturated heterocycles. The van der Waals surface area contributed by atoms with Crippen LogP contribution in [0.25, 0.3) is 0 Å². The zero-order chi connectivity index (χ0) is 14.8. The summed E-state index contributed by atoms with van der Waals surface area (Å²) >= 11 is 3.40. The minimum atomic E-state index is -0.917. The van der Waals surface area contributed by atoms with E-state index >= 15 is 0 Å². The van der Waals surface area contributed by atoms with Crippen molar-refractivity contribution in [1.29, 1.82) is 0 Å². The summed E-state index contributed by atoms with van der Waals surface area (Å²) in [4.78, 5) is 12.9. The molecule has 1 aromatic rings. The van der Waals surface area contributed by atoms with Crippen LogP contribution in [0.5, 0.6) is 5.75 Å². The molecule has 6 heteroatoms. The van der Waals surface area contributed by atoms with Gasteiger partial charge in [0, 0.05) is 30.7 Å². The molecule has 1 aliphatic carbocycles. The van der Waals surface area contributed by atoms with E-state index in [9.17, 15) is 4.79 Å². The molecule has 1 saturated carbocycles. The first kappa shape index (κ1) is 14.7. The number of likely N-dealkylation sites (tertiary alicyclic amines) is 1. The fourth-order valence-electron chi connectivity index (χ4n) is 3.25. The van der Waals surface area contributed by atoms with Crippen LogP contribution in [0.1, 0.15) is 0 Å². The Morgan fingerprint density at radius 1 is 1.33 bits per heavy atom. The van der Waals surface area contributed by atoms with Gasteiger partial charge in [0.2, 0.25) is 0 Å². The Morgan fingerprint density at radius 3 is 2.62 bits per heavy atom. The highest BCUT2D eigenvalue weighted by Gasteiger charge is 2.54. The molecular weight excluding hydrogens is 336 g/mol. The van der Waals surface area contributed by atoms with Crippen LogP contribution in [0.3, 0.4) is 0 Å². The van der Waals surface area contributed by atoms with Crippen molar-refractivity contribution in [3.8, 4) is 5.75 Å². The average Bonchev–Trinajstić information content (AvgIpc) is 2.90. The number of ether oxygens (including phenoxy) is 1. The maximum atomic E-state index is 10.5. The van der Waals surface area contributed by atoms with Crippen molar-refractivity contribution in [3.63, 3.8) is 0 Å². The van der Waals surface area contributed by atoms with Crippen LogP contribution in [-0.2, 0) is 0 Å². The van der Waals surface area contributed by atoms with Crippen molar-refractivity contribution in [1.82, 2.24) is 10.2 Å². The number of carboxylic acid groups (broad SMARTS) is 1. The third-order valence-electron chi connectivity index (χ3n) is 4.43. The van der Waals surface area contributed by atoms with Gasteiger partial charge in [-0.3, -0.25) is 4.90 Å². The highest BCUT2D eigenvalue weighted by molar-refractivity contribution is 9.10. The maximum absolute atomic E-state index is 10.5. The van der Waals surface area contributed by atoms with Crippen LogP contribution in [0, 0.1) is 17.8 Å². The van der Waals surface area contributed by atoms with Gasteiger partial charge in [0.15, 0.2) is 0 Å². The zero-order valence-electron chi connectivity index (χ0n) is 11.7. The Hall–Kier alpha value is -1.27. The predicted octanol–water partition coefficient (Wildman–Crippen LogP) is 2.27. The molecule has 0 spiro atoms. The third-order valence-corrected chi connectivity index (χ3v) is 4.95. The molecule has 1 heterocycles. The minimum Gasteiger partial charge on any atom is -0.492 e. The van der Waals surface area contributed by atoms with Gasteiger partial charge < -0.3 is 15.2 Å². The van der Waals surface area contributed by atoms with Crippen molar-refractivity contribution >= 4 is 22.0 Å². The van der Waals surface area contributed by atoms with Crippen molar-refractivity contribution in [2.24, 2.45) is 17.8 Å². The van der Waals surface area contributed by atoms with Crippen LogP contribution in [0.15, 0.2) is 28.7 Å². The molecule has 2 N–H and O–H groups in total. The monoisotopic (exact) mass is 354 g/mol. The zero-order valence-corrected chi connectivity index (χ0v) is 13.3. The van der Waals surface area contributed by atoms with Gasteiger partial charge in [0.1, 0.15) is 12.4 Å². The number of carbonyl (C=O) groups is 1. The molecule has 2 unspecified atom stereocenters. The Labute approximate surface area is 132 Å². The van der Waals surface area contributed by atoms with E-state index in [1.54, 1.807) is 0 Å². The van der Waals surface area contributed by atoms with Crippen LogP contribution >= 0.6 is 15.9 Å². The summed E-state index contributed by atoms with van der Waals surface area (Å²) in [5, 5.41) is 11.1. The molecule has 21 heavy (non-hydrogen) atoms. The first-order chi connectivity index (χ1) is 10.1. The van der Waals surface area contributed by atoms with Gasteiger partial charge in [-0.1, -0.05) is 15.9 Å². The van der Waals surface area contributed by atoms with Gasteiger partial charge in [-0.05, 0) is 42.0 Å². The van der Waals surface area contributed by atoms with Crippen molar-refractivity contribution in [2.75, 3.05) is 32.8 Å². The number of piperidine rings is 1. The molecule has 2 aliphatic rings. The normalized spacial score (nSPS) is 27.2. The Morgan fingerprint density at radius 2 is 2.00 bits per heavy atom. The lowest BCUT2D eigenvalue weighted by atomic mass is 10.2. The summed E-state index contributed by atoms with van der Waals surface area (Å²) in [5.41, 5.74) is 0. The largest absolute Gasteiger partial charge is 0.492 e. The van der Waals surface area contributed by atoms with Gasteiger partial charge in [-0.25, -0.2) is 4.79 Å². The molecule has 3 rings (SSSR count). The number of hydrogen-bond acceptors (Lipinski definition) is 3. The third kappa shape index (κ3) is 3.68. The van der Waals surface area contributed by atoms with Crippen LogP contribution in [0.2, 0.25) is 0 Å². The number of hydrogen-bond donors (Lipinski definition) is 2. The molecule has 0 bridgehead atoms. The van der Waals surface area contributed by atoms with Crippen molar-refractivity contribution in [3.05, 3.63) is 28.7 Å². The Kier molecular flexibility index (Phi) is 4.35. The van der Waals surface area contributed by atoms with Crippen molar-refractivity contribution in [2.45, 2.75) is 0 Å². The van der Waals surface area contributed by atoms with E-state index in [-0.39, 0.29) is 0 Å². The topological polar surface area (TPSA) is 61.8 Å². The summed E-state index contributed by atoms with van der Waals surface area (Å²) < 4.78 is 6.78. The first-order valence-corrected chi connectivity index (χ1v) is 8.00. The van der Waals surface area contributed by atoms with Gasteiger partial charge >= 0.3 is 6.09 Å². The van der Waals surface area contributed by atoms with E-state index in [4.69, 9.17) is 9.84 Å². The van der Waals surface area contributed by atoms with Gasteiger partial charge in [0.05, 0.1) is 0 Å². The summed E-state index contributed by atoms with van der Waals surface area (Å²) in [5.74, 6) is 2.78. The SMILES string of the molecule is O=C(O)NCC1C2CN(CCOc3ccc(Br)cc3)CC12. The average molecular weight is 355 g/mol. The molecule has 5 nitrogen and oxygen atoms in total. The van der Waals surface area contributed by atoms with E-state index in [0.29, 0.717) is 30.9 Å². The number of halogens is 1. The molecule has 1 amide bonds. The molecule has 0 aromatic heterocycles. The second kappa shape index (κ2) is 6.23. The van der Waals surface area contributed by atoms with Gasteiger partial charge in [0.25, 0.3) is 0 Å². The molecule has 114 valence electrons. The lowest BCUT2D eigenvalue weighted by molar-refractivity contribution is 0.191. The minimum absolute atomic E-state index is 0.546. The molecule has 2 fully saturated rings. The van der Waals surface area contributed by atoms with E-state index in [2.05, 4.69) is 26.1 Å². The van der Waals surface area contributed by atoms with Crippen LogP contribution in [-0.4, -0.2) is 48.9 Å². The highest BCUT2D eigenvalue weighted by Crippen LogP contribution is 2.51. The number of nitrogens with one attached hydrogen (secondary N) is 1. The molecule has 0 radical (unpaired) electrons. The number of nitrogens with zero attached hydrogens (tertiary/aromatic N) is 1. The summed E-state index contributed by atoms with van der Waals surface area (Å²) in [6.07, 6.45) is -0.917. The predicted molar refractivity (Wildman–Crippen MR) is 82.6 cm³/mol. The van der Waals surface area contributed by atoms with Crippen molar-refractivity contribution < 1.29 is 14.6 Å². The lowest BCUT2D eigenvalue weighted by Gasteiger charge is -2.19. The fourth-order valence-corrected chi connectivity index (χ4v) is 3.52. The fraction of sp³-hybridized carbons (Fsp3) is 0.533. The van der Waals surface area contributed by atoms with Gasteiger partial charge in [-0.2, -0.15) is 0 Å². The molecular formula is C15H19BrN2O3. The number of fused-ring (bicyclic) bond motifs is 1. The van der Waals surface area contributed by atoms with E-state index in [0.717, 1.165) is 29.9 Å². The first-order valence-electron chi connectivity index (χ1n) is 7.21. The van der Waals surface area contributed by atoms with E-state index in [1.807, 2.05) is 24.3 Å². The molecule has 2 atom stereocenters. The maximum Gasteiger partial charge on any atom is 0.404 e. The highest BCUT2D eigenvalue weighted by atomic mass is 79.9. The second-order valence-electron chi connectivity index (χ2n) is 5.74. The van der Waals surface area contributed by atoms with Crippen LogP contribution < -0.4 is 10.1 Å². The second-order valence-corrected chi connectivity index (χ2v) is 6.66. The van der Waals surface area contributed by atoms with Crippen LogP contribution in [0.4, 0.5) is 4.79 Å². The summed E-state index contributed by atoms with van der Waals surface area (Å²) in [6.45, 7) is 4.37.